The first-order valence-corrected chi connectivity index (χ1v) is 9.83. The molecule has 2 aliphatic rings. The molecule has 2 aliphatic heterocycles. The molecule has 1 aromatic carbocycles. The van der Waals surface area contributed by atoms with Crippen molar-refractivity contribution in [2.24, 2.45) is 4.99 Å². The first kappa shape index (κ1) is 15.6. The number of fused-ring (bicyclic) bond motifs is 1. The Balaban J connectivity index is 1.89. The van der Waals surface area contributed by atoms with Crippen LogP contribution in [0, 0.1) is 6.92 Å². The third-order valence-electron chi connectivity index (χ3n) is 3.90. The molecule has 0 radical (unpaired) electrons. The van der Waals surface area contributed by atoms with Crippen molar-refractivity contribution in [2.45, 2.75) is 31.7 Å². The zero-order valence-electron chi connectivity index (χ0n) is 12.5. The highest BCUT2D eigenvalue weighted by Crippen LogP contribution is 2.39. The maximum atomic E-state index is 11.9. The summed E-state index contributed by atoms with van der Waals surface area (Å²) in [5, 5.41) is 0.631. The molecule has 0 aliphatic carbocycles. The van der Waals surface area contributed by atoms with Gasteiger partial charge >= 0.3 is 0 Å². The molecule has 5 nitrogen and oxygen atoms in total. The van der Waals surface area contributed by atoms with E-state index in [1.165, 1.54) is 24.2 Å². The number of hydrogen-bond acceptors (Lipinski definition) is 4. The monoisotopic (exact) mass is 338 g/mol. The number of aliphatic imine (C=N–C) groups is 1. The van der Waals surface area contributed by atoms with Gasteiger partial charge in [0.1, 0.15) is 0 Å². The molecule has 0 unspecified atom stereocenters. The van der Waals surface area contributed by atoms with E-state index >= 15 is 0 Å². The van der Waals surface area contributed by atoms with Crippen molar-refractivity contribution in [2.75, 3.05) is 11.5 Å². The van der Waals surface area contributed by atoms with Crippen LogP contribution in [0.5, 0.6) is 0 Å². The van der Waals surface area contributed by atoms with Gasteiger partial charge in [-0.15, -0.1) is 0 Å². The zero-order chi connectivity index (χ0) is 15.9. The number of rotatable bonds is 2. The highest BCUT2D eigenvalue weighted by atomic mass is 32.2. The molecule has 0 spiro atoms. The average Bonchev–Trinajstić information content (AvgIpc) is 2.85. The van der Waals surface area contributed by atoms with Crippen molar-refractivity contribution in [3.05, 3.63) is 35.4 Å². The normalized spacial score (nSPS) is 28.1. The third-order valence-corrected chi connectivity index (χ3v) is 7.15. The number of nitrogens with zero attached hydrogens (tertiary/aromatic N) is 2. The smallest absolute Gasteiger partial charge is 0.244 e. The van der Waals surface area contributed by atoms with E-state index in [0.717, 1.165) is 5.56 Å². The number of amidine groups is 1. The topological polar surface area (TPSA) is 66.8 Å². The molecule has 0 aromatic heterocycles. The van der Waals surface area contributed by atoms with Crippen molar-refractivity contribution in [1.29, 1.82) is 0 Å². The highest BCUT2D eigenvalue weighted by molar-refractivity contribution is 8.15. The number of thioether (sulfide) groups is 1. The van der Waals surface area contributed by atoms with Crippen molar-refractivity contribution < 1.29 is 13.2 Å². The summed E-state index contributed by atoms with van der Waals surface area (Å²) in [7, 11) is -2.99. The van der Waals surface area contributed by atoms with Gasteiger partial charge in [0.2, 0.25) is 5.91 Å². The Morgan fingerprint density at radius 2 is 2.00 bits per heavy atom. The second-order valence-electron chi connectivity index (χ2n) is 5.83. The molecule has 118 valence electrons. The lowest BCUT2D eigenvalue weighted by Gasteiger charge is -2.24. The minimum atomic E-state index is -2.99. The Kier molecular flexibility index (Phi) is 4.03. The molecule has 22 heavy (non-hydrogen) atoms. The quantitative estimate of drug-likeness (QED) is 0.820. The summed E-state index contributed by atoms with van der Waals surface area (Å²) in [4.78, 5) is 17.4. The van der Waals surface area contributed by atoms with Crippen LogP contribution in [0.3, 0.4) is 0 Å². The summed E-state index contributed by atoms with van der Waals surface area (Å²) < 4.78 is 23.7. The van der Waals surface area contributed by atoms with Gasteiger partial charge in [-0.3, -0.25) is 4.79 Å². The van der Waals surface area contributed by atoms with Crippen LogP contribution in [-0.2, 0) is 21.2 Å². The van der Waals surface area contributed by atoms with Gasteiger partial charge in [0.25, 0.3) is 0 Å². The lowest BCUT2D eigenvalue weighted by atomic mass is 10.1. The van der Waals surface area contributed by atoms with Gasteiger partial charge in [0, 0.05) is 18.7 Å². The number of amides is 1. The molecular weight excluding hydrogens is 320 g/mol. The fraction of sp³-hybridized carbons (Fsp3) is 0.467. The van der Waals surface area contributed by atoms with E-state index < -0.39 is 9.84 Å². The maximum Gasteiger partial charge on any atom is 0.244 e. The van der Waals surface area contributed by atoms with Crippen molar-refractivity contribution in [3.8, 4) is 0 Å². The summed E-state index contributed by atoms with van der Waals surface area (Å²) in [5.74, 6) is 0.0659. The van der Waals surface area contributed by atoms with Crippen molar-refractivity contribution in [1.82, 2.24) is 4.90 Å². The Morgan fingerprint density at radius 3 is 2.64 bits per heavy atom. The number of carbonyl (C=O) groups excluding carboxylic acids is 1. The minimum absolute atomic E-state index is 0.0199. The number of aryl methyl sites for hydroxylation is 1. The van der Waals surface area contributed by atoms with Crippen LogP contribution in [0.4, 0.5) is 0 Å². The van der Waals surface area contributed by atoms with Gasteiger partial charge in [-0.05, 0) is 12.5 Å². The van der Waals surface area contributed by atoms with Gasteiger partial charge in [-0.1, -0.05) is 41.6 Å². The van der Waals surface area contributed by atoms with Crippen LogP contribution >= 0.6 is 11.8 Å². The standard InChI is InChI=1S/C15H18N2O3S2/c1-10-3-5-12(6-4-10)7-17-13-8-22(19,20)9-14(13)21-15(17)16-11(2)18/h3-6,13-14H,7-9H2,1-2H3/t13-,14+/m1/s1. The Labute approximate surface area is 134 Å². The molecule has 2 fully saturated rings. The predicted molar refractivity (Wildman–Crippen MR) is 88.7 cm³/mol. The Hall–Kier alpha value is -1.34. The molecular formula is C15H18N2O3S2. The summed E-state index contributed by atoms with van der Waals surface area (Å²) in [6.07, 6.45) is 0. The lowest BCUT2D eigenvalue weighted by Crippen LogP contribution is -2.37. The molecule has 0 N–H and O–H groups in total. The third kappa shape index (κ3) is 3.20. The van der Waals surface area contributed by atoms with E-state index in [2.05, 4.69) is 4.99 Å². The zero-order valence-corrected chi connectivity index (χ0v) is 14.2. The number of hydrogen-bond donors (Lipinski definition) is 0. The molecule has 2 atom stereocenters. The second-order valence-corrected chi connectivity index (χ2v) is 9.19. The Morgan fingerprint density at radius 1 is 1.32 bits per heavy atom. The van der Waals surface area contributed by atoms with Gasteiger partial charge < -0.3 is 4.90 Å². The highest BCUT2D eigenvalue weighted by Gasteiger charge is 2.48. The first-order valence-electron chi connectivity index (χ1n) is 7.12. The SMILES string of the molecule is CC(=O)N=C1S[C@H]2CS(=O)(=O)C[C@H]2N1Cc1ccc(C)cc1. The fourth-order valence-corrected chi connectivity index (χ4v) is 6.84. The fourth-order valence-electron chi connectivity index (χ4n) is 2.85. The van der Waals surface area contributed by atoms with Gasteiger partial charge in [0.05, 0.1) is 17.5 Å². The van der Waals surface area contributed by atoms with Crippen LogP contribution in [-0.4, -0.2) is 47.2 Å². The van der Waals surface area contributed by atoms with E-state index in [9.17, 15) is 13.2 Å². The van der Waals surface area contributed by atoms with Crippen LogP contribution in [0.1, 0.15) is 18.1 Å². The maximum absolute atomic E-state index is 11.9. The van der Waals surface area contributed by atoms with E-state index in [1.807, 2.05) is 36.1 Å². The van der Waals surface area contributed by atoms with Crippen molar-refractivity contribution in [3.63, 3.8) is 0 Å². The molecule has 1 aromatic rings. The summed E-state index contributed by atoms with van der Waals surface area (Å²) >= 11 is 1.42. The lowest BCUT2D eigenvalue weighted by molar-refractivity contribution is -0.115. The molecule has 0 saturated carbocycles. The number of benzene rings is 1. The molecule has 2 heterocycles. The summed E-state index contributed by atoms with van der Waals surface area (Å²) in [6, 6.07) is 8.03. The van der Waals surface area contributed by atoms with E-state index in [-0.39, 0.29) is 28.7 Å². The summed E-state index contributed by atoms with van der Waals surface area (Å²) in [6.45, 7) is 4.02. The van der Waals surface area contributed by atoms with E-state index in [4.69, 9.17) is 0 Å². The second kappa shape index (κ2) is 5.70. The van der Waals surface area contributed by atoms with E-state index in [1.54, 1.807) is 0 Å². The van der Waals surface area contributed by atoms with Crippen LogP contribution in [0.2, 0.25) is 0 Å². The van der Waals surface area contributed by atoms with Gasteiger partial charge in [-0.2, -0.15) is 4.99 Å². The average molecular weight is 338 g/mol. The van der Waals surface area contributed by atoms with Crippen molar-refractivity contribution >= 4 is 32.7 Å². The van der Waals surface area contributed by atoms with Gasteiger partial charge in [0.15, 0.2) is 15.0 Å². The Bertz CT molecular complexity index is 726. The minimum Gasteiger partial charge on any atom is -0.342 e. The predicted octanol–water partition coefficient (Wildman–Crippen LogP) is 1.61. The molecule has 2 saturated heterocycles. The van der Waals surface area contributed by atoms with Gasteiger partial charge in [-0.25, -0.2) is 8.42 Å². The molecule has 1 amide bonds. The van der Waals surface area contributed by atoms with Crippen LogP contribution < -0.4 is 0 Å². The van der Waals surface area contributed by atoms with Crippen LogP contribution in [0.25, 0.3) is 0 Å². The molecule has 3 rings (SSSR count). The first-order chi connectivity index (χ1) is 10.3. The van der Waals surface area contributed by atoms with E-state index in [0.29, 0.717) is 11.7 Å². The molecule has 0 bridgehead atoms. The largest absolute Gasteiger partial charge is 0.342 e. The molecule has 7 heteroatoms. The summed E-state index contributed by atoms with van der Waals surface area (Å²) in [5.41, 5.74) is 2.27. The van der Waals surface area contributed by atoms with Crippen LogP contribution in [0.15, 0.2) is 29.3 Å². The number of sulfone groups is 1. The number of carbonyl (C=O) groups is 1.